The molecule has 64 valence electrons. The second-order valence-electron chi connectivity index (χ2n) is 4.68. The largest absolute Gasteiger partial charge is 0.308 e. The van der Waals surface area contributed by atoms with E-state index < -0.39 is 0 Å². The van der Waals surface area contributed by atoms with Crippen molar-refractivity contribution >= 4 is 0 Å². The van der Waals surface area contributed by atoms with Crippen LogP contribution in [0.2, 0.25) is 0 Å². The normalized spacial score (nSPS) is 49.1. The first-order valence-electron chi connectivity index (χ1n) is 4.96. The van der Waals surface area contributed by atoms with Crippen molar-refractivity contribution in [2.45, 2.75) is 45.7 Å². The van der Waals surface area contributed by atoms with E-state index in [0.29, 0.717) is 0 Å². The average molecular weight is 153 g/mol. The van der Waals surface area contributed by atoms with Gasteiger partial charge in [-0.05, 0) is 30.6 Å². The van der Waals surface area contributed by atoms with Crippen molar-refractivity contribution in [3.8, 4) is 0 Å². The summed E-state index contributed by atoms with van der Waals surface area (Å²) in [5.74, 6) is 2.79. The van der Waals surface area contributed by atoms with Crippen molar-refractivity contribution in [2.75, 3.05) is 0 Å². The van der Waals surface area contributed by atoms with Gasteiger partial charge in [0.25, 0.3) is 0 Å². The lowest BCUT2D eigenvalue weighted by Crippen LogP contribution is -2.25. The average Bonchev–Trinajstić information content (AvgIpc) is 2.66. The summed E-state index contributed by atoms with van der Waals surface area (Å²) in [6, 6.07) is 1.77. The third-order valence-electron chi connectivity index (χ3n) is 3.55. The number of rotatable bonds is 1. The summed E-state index contributed by atoms with van der Waals surface area (Å²) in [6.07, 6.45) is 2.89. The van der Waals surface area contributed by atoms with E-state index in [9.17, 15) is 0 Å². The zero-order valence-corrected chi connectivity index (χ0v) is 7.80. The predicted molar refractivity (Wildman–Crippen MR) is 47.4 cm³/mol. The standard InChI is InChI=1S/C10H19N/c1-6(2)8-5-4-7(3)9-10(8)11-9/h6-11H,4-5H2,1-3H3/t7-,8+,9-,10+/m0/s1. The number of fused-ring (bicyclic) bond motifs is 1. The summed E-state index contributed by atoms with van der Waals surface area (Å²) in [7, 11) is 0. The quantitative estimate of drug-likeness (QED) is 0.572. The van der Waals surface area contributed by atoms with Gasteiger partial charge in [-0.2, -0.15) is 0 Å². The summed E-state index contributed by atoms with van der Waals surface area (Å²) in [6.45, 7) is 7.10. The molecule has 0 unspecified atom stereocenters. The van der Waals surface area contributed by atoms with Crippen LogP contribution in [0.1, 0.15) is 33.6 Å². The molecule has 1 heteroatoms. The smallest absolute Gasteiger partial charge is 0.0257 e. The Morgan fingerprint density at radius 3 is 2.55 bits per heavy atom. The lowest BCUT2D eigenvalue weighted by molar-refractivity contribution is 0.276. The minimum absolute atomic E-state index is 0.880. The van der Waals surface area contributed by atoms with E-state index in [1.807, 2.05) is 0 Å². The lowest BCUT2D eigenvalue weighted by Gasteiger charge is -2.26. The highest BCUT2D eigenvalue weighted by molar-refractivity contribution is 5.08. The number of hydrogen-bond donors (Lipinski definition) is 1. The highest BCUT2D eigenvalue weighted by Gasteiger charge is 2.48. The van der Waals surface area contributed by atoms with Crippen molar-refractivity contribution in [3.05, 3.63) is 0 Å². The van der Waals surface area contributed by atoms with Crippen molar-refractivity contribution in [2.24, 2.45) is 17.8 Å². The second kappa shape index (κ2) is 2.48. The van der Waals surface area contributed by atoms with Crippen LogP contribution in [0, 0.1) is 17.8 Å². The zero-order chi connectivity index (χ0) is 8.01. The minimum Gasteiger partial charge on any atom is -0.308 e. The number of nitrogens with one attached hydrogen (secondary N) is 1. The first-order valence-corrected chi connectivity index (χ1v) is 4.96. The Kier molecular flexibility index (Phi) is 1.71. The fraction of sp³-hybridized carbons (Fsp3) is 1.00. The van der Waals surface area contributed by atoms with Gasteiger partial charge in [0, 0.05) is 12.1 Å². The summed E-state index contributed by atoms with van der Waals surface area (Å²) >= 11 is 0. The second-order valence-corrected chi connectivity index (χ2v) is 4.68. The molecule has 1 heterocycles. The highest BCUT2D eigenvalue weighted by Crippen LogP contribution is 2.41. The first-order chi connectivity index (χ1) is 5.20. The van der Waals surface area contributed by atoms with Crippen LogP contribution in [0.3, 0.4) is 0 Å². The van der Waals surface area contributed by atoms with Crippen LogP contribution in [-0.2, 0) is 0 Å². The van der Waals surface area contributed by atoms with Crippen molar-refractivity contribution in [3.63, 3.8) is 0 Å². The van der Waals surface area contributed by atoms with E-state index in [1.54, 1.807) is 0 Å². The maximum absolute atomic E-state index is 3.61. The minimum atomic E-state index is 0.880. The van der Waals surface area contributed by atoms with E-state index in [-0.39, 0.29) is 0 Å². The Morgan fingerprint density at radius 2 is 1.91 bits per heavy atom. The summed E-state index contributed by atoms with van der Waals surface area (Å²) in [4.78, 5) is 0. The molecule has 1 N–H and O–H groups in total. The van der Waals surface area contributed by atoms with Crippen LogP contribution in [0.5, 0.6) is 0 Å². The molecule has 1 aliphatic heterocycles. The molecule has 0 aromatic rings. The Morgan fingerprint density at radius 1 is 1.18 bits per heavy atom. The lowest BCUT2D eigenvalue weighted by atomic mass is 9.78. The molecule has 1 saturated heterocycles. The fourth-order valence-corrected chi connectivity index (χ4v) is 2.64. The van der Waals surface area contributed by atoms with Crippen molar-refractivity contribution in [1.82, 2.24) is 5.32 Å². The molecule has 0 aromatic carbocycles. The van der Waals surface area contributed by atoms with E-state index in [1.165, 1.54) is 12.8 Å². The predicted octanol–water partition coefficient (Wildman–Crippen LogP) is 2.03. The SMILES string of the molecule is CC(C)[C@H]1CC[C@H](C)[C@@H]2N[C@@H]21. The molecule has 2 aliphatic rings. The van der Waals surface area contributed by atoms with Crippen LogP contribution in [-0.4, -0.2) is 12.1 Å². The van der Waals surface area contributed by atoms with Gasteiger partial charge in [-0.15, -0.1) is 0 Å². The summed E-state index contributed by atoms with van der Waals surface area (Å²) in [5, 5.41) is 3.61. The van der Waals surface area contributed by atoms with E-state index in [4.69, 9.17) is 0 Å². The molecule has 0 aromatic heterocycles. The van der Waals surface area contributed by atoms with Gasteiger partial charge in [0.15, 0.2) is 0 Å². The van der Waals surface area contributed by atoms with Gasteiger partial charge in [0.1, 0.15) is 0 Å². The molecule has 0 amide bonds. The number of hydrogen-bond acceptors (Lipinski definition) is 1. The van der Waals surface area contributed by atoms with Crippen molar-refractivity contribution in [1.29, 1.82) is 0 Å². The van der Waals surface area contributed by atoms with Crippen LogP contribution in [0.15, 0.2) is 0 Å². The Balaban J connectivity index is 1.97. The van der Waals surface area contributed by atoms with Gasteiger partial charge >= 0.3 is 0 Å². The monoisotopic (exact) mass is 153 g/mol. The first kappa shape index (κ1) is 7.60. The van der Waals surface area contributed by atoms with E-state index in [0.717, 1.165) is 29.8 Å². The van der Waals surface area contributed by atoms with Crippen molar-refractivity contribution < 1.29 is 0 Å². The van der Waals surface area contributed by atoms with Gasteiger partial charge in [0.2, 0.25) is 0 Å². The third kappa shape index (κ3) is 1.20. The molecule has 0 radical (unpaired) electrons. The molecule has 1 nitrogen and oxygen atoms in total. The van der Waals surface area contributed by atoms with E-state index in [2.05, 4.69) is 26.1 Å². The molecule has 4 atom stereocenters. The van der Waals surface area contributed by atoms with Crippen LogP contribution in [0.25, 0.3) is 0 Å². The van der Waals surface area contributed by atoms with Gasteiger partial charge in [-0.1, -0.05) is 20.8 Å². The molecule has 1 aliphatic carbocycles. The van der Waals surface area contributed by atoms with Gasteiger partial charge in [-0.25, -0.2) is 0 Å². The fourth-order valence-electron chi connectivity index (χ4n) is 2.64. The summed E-state index contributed by atoms with van der Waals surface area (Å²) in [5.41, 5.74) is 0. The molecular weight excluding hydrogens is 134 g/mol. The molecular formula is C10H19N. The highest BCUT2D eigenvalue weighted by atomic mass is 15.2. The maximum Gasteiger partial charge on any atom is 0.0257 e. The molecule has 11 heavy (non-hydrogen) atoms. The van der Waals surface area contributed by atoms with Gasteiger partial charge in [0.05, 0.1) is 0 Å². The van der Waals surface area contributed by atoms with Gasteiger partial charge in [-0.3, -0.25) is 0 Å². The Hall–Kier alpha value is -0.0400. The maximum atomic E-state index is 3.61. The Bertz CT molecular complexity index is 153. The van der Waals surface area contributed by atoms with Crippen LogP contribution < -0.4 is 5.32 Å². The van der Waals surface area contributed by atoms with Gasteiger partial charge < -0.3 is 5.32 Å². The van der Waals surface area contributed by atoms with E-state index >= 15 is 0 Å². The molecule has 2 fully saturated rings. The third-order valence-corrected chi connectivity index (χ3v) is 3.55. The molecule has 1 saturated carbocycles. The zero-order valence-electron chi connectivity index (χ0n) is 7.80. The molecule has 2 rings (SSSR count). The molecule has 0 spiro atoms. The topological polar surface area (TPSA) is 21.9 Å². The summed E-state index contributed by atoms with van der Waals surface area (Å²) < 4.78 is 0. The van der Waals surface area contributed by atoms with Crippen LogP contribution >= 0.6 is 0 Å². The molecule has 0 bridgehead atoms. The van der Waals surface area contributed by atoms with Crippen LogP contribution in [0.4, 0.5) is 0 Å². The Labute approximate surface area is 69.6 Å².